The zero-order valence-corrected chi connectivity index (χ0v) is 13.3. The molecular weight excluding hydrogens is 276 g/mol. The van der Waals surface area contributed by atoms with Crippen molar-refractivity contribution >= 4 is 11.7 Å². The van der Waals surface area contributed by atoms with Crippen LogP contribution in [0.25, 0.3) is 0 Å². The Morgan fingerprint density at radius 1 is 1.32 bits per heavy atom. The number of hydrogen-bond acceptors (Lipinski definition) is 3. The lowest BCUT2D eigenvalue weighted by atomic mass is 9.88. The minimum Gasteiger partial charge on any atom is -0.378 e. The Bertz CT molecular complexity index is 655. The standard InChI is InChI=1S/C18H22N2O2/c1-18(2,3)16(21)10-14-17(22)20-9-8-12-6-4-5-7-13(12)15(20)11-19-14/h4-7,10,15,19H,8-9,11H2,1-3H3. The molecule has 2 heterocycles. The molecule has 1 saturated heterocycles. The Kier molecular flexibility index (Phi) is 3.55. The minimum absolute atomic E-state index is 0.0285. The Morgan fingerprint density at radius 3 is 2.77 bits per heavy atom. The second-order valence-corrected chi connectivity index (χ2v) is 7.02. The van der Waals surface area contributed by atoms with E-state index in [1.54, 1.807) is 0 Å². The smallest absolute Gasteiger partial charge is 0.270 e. The van der Waals surface area contributed by atoms with Crippen molar-refractivity contribution in [1.82, 2.24) is 10.2 Å². The minimum atomic E-state index is -0.472. The largest absolute Gasteiger partial charge is 0.378 e. The predicted molar refractivity (Wildman–Crippen MR) is 85.1 cm³/mol. The van der Waals surface area contributed by atoms with Gasteiger partial charge in [0.05, 0.1) is 6.04 Å². The molecule has 0 spiro atoms. The second kappa shape index (κ2) is 5.27. The topological polar surface area (TPSA) is 49.4 Å². The van der Waals surface area contributed by atoms with Crippen LogP contribution in [0.1, 0.15) is 37.9 Å². The summed E-state index contributed by atoms with van der Waals surface area (Å²) in [6.45, 7) is 6.95. The third-order valence-electron chi connectivity index (χ3n) is 4.40. The highest BCUT2D eigenvalue weighted by Crippen LogP contribution is 2.32. The maximum Gasteiger partial charge on any atom is 0.270 e. The summed E-state index contributed by atoms with van der Waals surface area (Å²) in [6.07, 6.45) is 2.35. The van der Waals surface area contributed by atoms with Gasteiger partial charge in [0.1, 0.15) is 5.70 Å². The summed E-state index contributed by atoms with van der Waals surface area (Å²) < 4.78 is 0. The third kappa shape index (κ3) is 2.54. The molecule has 1 amide bonds. The van der Waals surface area contributed by atoms with Crippen molar-refractivity contribution < 1.29 is 9.59 Å². The number of nitrogens with zero attached hydrogens (tertiary/aromatic N) is 1. The van der Waals surface area contributed by atoms with E-state index in [9.17, 15) is 9.59 Å². The number of ketones is 1. The zero-order chi connectivity index (χ0) is 15.9. The molecule has 1 atom stereocenters. The fourth-order valence-corrected chi connectivity index (χ4v) is 3.01. The molecule has 4 heteroatoms. The van der Waals surface area contributed by atoms with E-state index < -0.39 is 5.41 Å². The van der Waals surface area contributed by atoms with Crippen LogP contribution in [0.3, 0.4) is 0 Å². The molecule has 1 aromatic carbocycles. The van der Waals surface area contributed by atoms with Crippen LogP contribution in [-0.4, -0.2) is 29.7 Å². The summed E-state index contributed by atoms with van der Waals surface area (Å²) in [6, 6.07) is 8.35. The van der Waals surface area contributed by atoms with Gasteiger partial charge in [-0.2, -0.15) is 0 Å². The van der Waals surface area contributed by atoms with Crippen molar-refractivity contribution in [3.63, 3.8) is 0 Å². The average molecular weight is 298 g/mol. The van der Waals surface area contributed by atoms with E-state index in [1.165, 1.54) is 17.2 Å². The van der Waals surface area contributed by atoms with Crippen molar-refractivity contribution in [2.75, 3.05) is 13.1 Å². The highest BCUT2D eigenvalue weighted by molar-refractivity contribution is 6.03. The van der Waals surface area contributed by atoms with Gasteiger partial charge >= 0.3 is 0 Å². The van der Waals surface area contributed by atoms with Gasteiger partial charge in [0.15, 0.2) is 5.78 Å². The summed E-state index contributed by atoms with van der Waals surface area (Å²) in [5, 5.41) is 3.16. The molecule has 1 N–H and O–H groups in total. The molecule has 0 saturated carbocycles. The molecule has 1 fully saturated rings. The molecule has 116 valence electrons. The maximum absolute atomic E-state index is 12.7. The fraction of sp³-hybridized carbons (Fsp3) is 0.444. The number of nitrogens with one attached hydrogen (secondary N) is 1. The van der Waals surface area contributed by atoms with Crippen LogP contribution in [0.2, 0.25) is 0 Å². The van der Waals surface area contributed by atoms with E-state index >= 15 is 0 Å². The predicted octanol–water partition coefficient (Wildman–Crippen LogP) is 2.21. The zero-order valence-electron chi connectivity index (χ0n) is 13.3. The number of fused-ring (bicyclic) bond motifs is 3. The first kappa shape index (κ1) is 14.8. The number of amides is 1. The van der Waals surface area contributed by atoms with Crippen LogP contribution in [0.15, 0.2) is 36.0 Å². The first-order valence-corrected chi connectivity index (χ1v) is 7.77. The van der Waals surface area contributed by atoms with E-state index in [1.807, 2.05) is 37.8 Å². The number of benzene rings is 1. The second-order valence-electron chi connectivity index (χ2n) is 7.02. The molecule has 0 aliphatic carbocycles. The Hall–Kier alpha value is -2.10. The summed E-state index contributed by atoms with van der Waals surface area (Å²) in [5.41, 5.74) is 2.49. The van der Waals surface area contributed by atoms with Crippen LogP contribution >= 0.6 is 0 Å². The molecule has 3 rings (SSSR count). The van der Waals surface area contributed by atoms with Crippen LogP contribution in [0.4, 0.5) is 0 Å². The molecule has 1 aromatic rings. The monoisotopic (exact) mass is 298 g/mol. The summed E-state index contributed by atoms with van der Waals surface area (Å²) in [5.74, 6) is -0.0948. The van der Waals surface area contributed by atoms with Gasteiger partial charge in [-0.25, -0.2) is 0 Å². The number of allylic oxidation sites excluding steroid dienone is 1. The Balaban J connectivity index is 1.87. The molecule has 0 aromatic heterocycles. The summed E-state index contributed by atoms with van der Waals surface area (Å²) >= 11 is 0. The van der Waals surface area contributed by atoms with E-state index in [-0.39, 0.29) is 17.7 Å². The molecule has 4 nitrogen and oxygen atoms in total. The average Bonchev–Trinajstić information content (AvgIpc) is 2.48. The fourth-order valence-electron chi connectivity index (χ4n) is 3.01. The first-order valence-electron chi connectivity index (χ1n) is 7.77. The molecule has 0 bridgehead atoms. The third-order valence-corrected chi connectivity index (χ3v) is 4.40. The van der Waals surface area contributed by atoms with Crippen LogP contribution in [0.5, 0.6) is 0 Å². The lowest BCUT2D eigenvalue weighted by Gasteiger charge is -2.41. The van der Waals surface area contributed by atoms with Gasteiger partial charge in [-0.3, -0.25) is 9.59 Å². The van der Waals surface area contributed by atoms with Gasteiger partial charge in [-0.15, -0.1) is 0 Å². The highest BCUT2D eigenvalue weighted by atomic mass is 16.2. The number of piperazine rings is 1. The number of hydrogen-bond donors (Lipinski definition) is 1. The molecular formula is C18H22N2O2. The molecule has 22 heavy (non-hydrogen) atoms. The van der Waals surface area contributed by atoms with Crippen molar-refractivity contribution in [3.05, 3.63) is 47.2 Å². The van der Waals surface area contributed by atoms with Crippen molar-refractivity contribution in [1.29, 1.82) is 0 Å². The van der Waals surface area contributed by atoms with E-state index in [0.29, 0.717) is 18.8 Å². The summed E-state index contributed by atoms with van der Waals surface area (Å²) in [4.78, 5) is 26.7. The maximum atomic E-state index is 12.7. The van der Waals surface area contributed by atoms with Crippen molar-refractivity contribution in [2.45, 2.75) is 33.2 Å². The van der Waals surface area contributed by atoms with E-state index in [4.69, 9.17) is 0 Å². The molecule has 2 aliphatic heterocycles. The molecule has 0 radical (unpaired) electrons. The van der Waals surface area contributed by atoms with Gasteiger partial charge in [0, 0.05) is 24.6 Å². The SMILES string of the molecule is CC(C)(C)C(=O)C=C1NCC2c3ccccc3CCN2C1=O. The van der Waals surface area contributed by atoms with Gasteiger partial charge in [0.25, 0.3) is 5.91 Å². The first-order chi connectivity index (χ1) is 10.4. The lowest BCUT2D eigenvalue weighted by Crippen LogP contribution is -2.51. The highest BCUT2D eigenvalue weighted by Gasteiger charge is 2.36. The number of carbonyl (C=O) groups is 2. The normalized spacial score (nSPS) is 22.9. The van der Waals surface area contributed by atoms with E-state index in [0.717, 1.165) is 6.42 Å². The van der Waals surface area contributed by atoms with Crippen LogP contribution in [0, 0.1) is 5.41 Å². The molecule has 2 aliphatic rings. The quantitative estimate of drug-likeness (QED) is 0.809. The number of rotatable bonds is 1. The van der Waals surface area contributed by atoms with Crippen molar-refractivity contribution in [2.24, 2.45) is 5.41 Å². The van der Waals surface area contributed by atoms with Gasteiger partial charge in [0.2, 0.25) is 0 Å². The Morgan fingerprint density at radius 2 is 2.05 bits per heavy atom. The molecule has 1 unspecified atom stereocenters. The number of carbonyl (C=O) groups excluding carboxylic acids is 2. The van der Waals surface area contributed by atoms with Crippen molar-refractivity contribution in [3.8, 4) is 0 Å². The van der Waals surface area contributed by atoms with E-state index in [2.05, 4.69) is 17.4 Å². The van der Waals surface area contributed by atoms with Gasteiger partial charge in [-0.1, -0.05) is 45.0 Å². The van der Waals surface area contributed by atoms with Gasteiger partial charge in [-0.05, 0) is 17.5 Å². The van der Waals surface area contributed by atoms with Crippen LogP contribution < -0.4 is 5.32 Å². The lowest BCUT2D eigenvalue weighted by molar-refractivity contribution is -0.132. The Labute approximate surface area is 131 Å². The van der Waals surface area contributed by atoms with Crippen LogP contribution in [-0.2, 0) is 16.0 Å². The van der Waals surface area contributed by atoms with Gasteiger partial charge < -0.3 is 10.2 Å². The summed E-state index contributed by atoms with van der Waals surface area (Å²) in [7, 11) is 0.